The van der Waals surface area contributed by atoms with Crippen molar-refractivity contribution in [1.29, 1.82) is 0 Å². The summed E-state index contributed by atoms with van der Waals surface area (Å²) in [7, 11) is 0. The fourth-order valence-electron chi connectivity index (χ4n) is 2.19. The second-order valence-corrected chi connectivity index (χ2v) is 6.16. The smallest absolute Gasteiger partial charge is 0.138 e. The van der Waals surface area contributed by atoms with Crippen LogP contribution < -0.4 is 5.32 Å². The molecule has 0 aliphatic heterocycles. The zero-order valence-corrected chi connectivity index (χ0v) is 13.2. The van der Waals surface area contributed by atoms with Crippen molar-refractivity contribution in [2.75, 3.05) is 13.1 Å². The molecule has 4 nitrogen and oxygen atoms in total. The Bertz CT molecular complexity index is 344. The van der Waals surface area contributed by atoms with Crippen molar-refractivity contribution in [2.24, 2.45) is 17.8 Å². The van der Waals surface area contributed by atoms with Gasteiger partial charge in [0.2, 0.25) is 0 Å². The maximum absolute atomic E-state index is 4.44. The third kappa shape index (κ3) is 5.72. The van der Waals surface area contributed by atoms with Gasteiger partial charge in [-0.1, -0.05) is 34.6 Å². The Hall–Kier alpha value is -0.900. The molecule has 0 amide bonds. The highest BCUT2D eigenvalue weighted by Crippen LogP contribution is 2.16. The highest BCUT2D eigenvalue weighted by molar-refractivity contribution is 4.89. The number of hydrogen-bond donors (Lipinski definition) is 1. The van der Waals surface area contributed by atoms with Crippen LogP contribution in [0.4, 0.5) is 0 Å². The molecule has 1 unspecified atom stereocenters. The van der Waals surface area contributed by atoms with E-state index >= 15 is 0 Å². The SMILES string of the molecule is CCCNCC(Cc1ncnn1CC(C)C)C(C)C. The third-order valence-electron chi connectivity index (χ3n) is 3.45. The molecule has 1 rings (SSSR count). The zero-order valence-electron chi connectivity index (χ0n) is 13.2. The standard InChI is InChI=1S/C15H30N4/c1-6-7-16-9-14(13(4)5)8-15-17-11-18-19(15)10-12(2)3/h11-14,16H,6-10H2,1-5H3. The molecule has 110 valence electrons. The molecule has 0 fully saturated rings. The topological polar surface area (TPSA) is 42.7 Å². The van der Waals surface area contributed by atoms with Gasteiger partial charge in [0, 0.05) is 13.0 Å². The molecule has 1 aromatic heterocycles. The van der Waals surface area contributed by atoms with Gasteiger partial charge in [0.05, 0.1) is 0 Å². The first-order valence-electron chi connectivity index (χ1n) is 7.62. The number of rotatable bonds is 9. The van der Waals surface area contributed by atoms with Crippen LogP contribution in [0, 0.1) is 17.8 Å². The Kier molecular flexibility index (Phi) is 7.06. The molecule has 0 spiro atoms. The largest absolute Gasteiger partial charge is 0.316 e. The predicted molar refractivity (Wildman–Crippen MR) is 80.1 cm³/mol. The van der Waals surface area contributed by atoms with E-state index < -0.39 is 0 Å². The van der Waals surface area contributed by atoms with Gasteiger partial charge in [-0.3, -0.25) is 0 Å². The van der Waals surface area contributed by atoms with Crippen LogP contribution in [0.25, 0.3) is 0 Å². The lowest BCUT2D eigenvalue weighted by Crippen LogP contribution is -2.29. The summed E-state index contributed by atoms with van der Waals surface area (Å²) < 4.78 is 2.07. The van der Waals surface area contributed by atoms with E-state index in [0.717, 1.165) is 31.9 Å². The lowest BCUT2D eigenvalue weighted by molar-refractivity contribution is 0.344. The van der Waals surface area contributed by atoms with E-state index in [0.29, 0.717) is 17.8 Å². The van der Waals surface area contributed by atoms with Gasteiger partial charge in [0.25, 0.3) is 0 Å². The van der Waals surface area contributed by atoms with Crippen LogP contribution in [0.1, 0.15) is 46.9 Å². The van der Waals surface area contributed by atoms with Crippen molar-refractivity contribution in [2.45, 2.75) is 54.0 Å². The van der Waals surface area contributed by atoms with Crippen LogP contribution in [0.3, 0.4) is 0 Å². The quantitative estimate of drug-likeness (QED) is 0.699. The van der Waals surface area contributed by atoms with Crippen LogP contribution in [0.5, 0.6) is 0 Å². The normalized spacial score (nSPS) is 13.4. The molecular formula is C15H30N4. The van der Waals surface area contributed by atoms with Crippen LogP contribution in [0.2, 0.25) is 0 Å². The van der Waals surface area contributed by atoms with E-state index in [-0.39, 0.29) is 0 Å². The average molecular weight is 266 g/mol. The molecule has 19 heavy (non-hydrogen) atoms. The first-order valence-corrected chi connectivity index (χ1v) is 7.62. The molecule has 1 N–H and O–H groups in total. The minimum Gasteiger partial charge on any atom is -0.316 e. The van der Waals surface area contributed by atoms with Gasteiger partial charge in [-0.05, 0) is 37.3 Å². The number of aromatic nitrogens is 3. The van der Waals surface area contributed by atoms with E-state index in [1.54, 1.807) is 6.33 Å². The van der Waals surface area contributed by atoms with Crippen molar-refractivity contribution >= 4 is 0 Å². The van der Waals surface area contributed by atoms with Crippen molar-refractivity contribution in [1.82, 2.24) is 20.1 Å². The van der Waals surface area contributed by atoms with E-state index in [9.17, 15) is 0 Å². The summed E-state index contributed by atoms with van der Waals surface area (Å²) in [6.45, 7) is 14.4. The summed E-state index contributed by atoms with van der Waals surface area (Å²) in [6, 6.07) is 0. The summed E-state index contributed by atoms with van der Waals surface area (Å²) >= 11 is 0. The van der Waals surface area contributed by atoms with E-state index in [1.165, 1.54) is 6.42 Å². The fourth-order valence-corrected chi connectivity index (χ4v) is 2.19. The summed E-state index contributed by atoms with van der Waals surface area (Å²) in [4.78, 5) is 4.44. The Morgan fingerprint density at radius 2 is 2.00 bits per heavy atom. The Balaban J connectivity index is 2.60. The van der Waals surface area contributed by atoms with Crippen molar-refractivity contribution in [3.05, 3.63) is 12.2 Å². The summed E-state index contributed by atoms with van der Waals surface area (Å²) in [5.74, 6) is 3.03. The van der Waals surface area contributed by atoms with Gasteiger partial charge in [-0.15, -0.1) is 0 Å². The van der Waals surface area contributed by atoms with Gasteiger partial charge in [0.15, 0.2) is 0 Å². The fraction of sp³-hybridized carbons (Fsp3) is 0.867. The monoisotopic (exact) mass is 266 g/mol. The van der Waals surface area contributed by atoms with Crippen LogP contribution in [-0.2, 0) is 13.0 Å². The van der Waals surface area contributed by atoms with Gasteiger partial charge in [-0.25, -0.2) is 9.67 Å². The molecule has 1 aromatic rings. The molecule has 1 atom stereocenters. The van der Waals surface area contributed by atoms with Crippen LogP contribution in [0.15, 0.2) is 6.33 Å². The number of hydrogen-bond acceptors (Lipinski definition) is 3. The third-order valence-corrected chi connectivity index (χ3v) is 3.45. The van der Waals surface area contributed by atoms with Gasteiger partial charge in [-0.2, -0.15) is 5.10 Å². The van der Waals surface area contributed by atoms with E-state index in [4.69, 9.17) is 0 Å². The van der Waals surface area contributed by atoms with Crippen LogP contribution in [-0.4, -0.2) is 27.9 Å². The van der Waals surface area contributed by atoms with Crippen molar-refractivity contribution in [3.63, 3.8) is 0 Å². The Morgan fingerprint density at radius 3 is 2.58 bits per heavy atom. The zero-order chi connectivity index (χ0) is 14.3. The molecule has 4 heteroatoms. The second kappa shape index (κ2) is 8.31. The molecule has 0 saturated heterocycles. The lowest BCUT2D eigenvalue weighted by Gasteiger charge is -2.21. The predicted octanol–water partition coefficient (Wildman–Crippen LogP) is 2.75. The average Bonchev–Trinajstić information content (AvgIpc) is 2.74. The summed E-state index contributed by atoms with van der Waals surface area (Å²) in [5.41, 5.74) is 0. The first-order chi connectivity index (χ1) is 9.04. The lowest BCUT2D eigenvalue weighted by atomic mass is 9.92. The first kappa shape index (κ1) is 16.2. The minimum atomic E-state index is 0.608. The highest BCUT2D eigenvalue weighted by atomic mass is 15.3. The van der Waals surface area contributed by atoms with Crippen LogP contribution >= 0.6 is 0 Å². The highest BCUT2D eigenvalue weighted by Gasteiger charge is 2.17. The number of nitrogens with zero attached hydrogens (tertiary/aromatic N) is 3. The van der Waals surface area contributed by atoms with Gasteiger partial charge >= 0.3 is 0 Å². The molecule has 0 aliphatic carbocycles. The maximum Gasteiger partial charge on any atom is 0.138 e. The molecule has 0 aliphatic rings. The molecule has 0 saturated carbocycles. The second-order valence-electron chi connectivity index (χ2n) is 6.16. The molecule has 0 radical (unpaired) electrons. The van der Waals surface area contributed by atoms with Gasteiger partial charge < -0.3 is 5.32 Å². The summed E-state index contributed by atoms with van der Waals surface area (Å²) in [6.07, 6.45) is 3.89. The molecule has 0 bridgehead atoms. The van der Waals surface area contributed by atoms with Crippen molar-refractivity contribution in [3.8, 4) is 0 Å². The van der Waals surface area contributed by atoms with Crippen molar-refractivity contribution < 1.29 is 0 Å². The summed E-state index contributed by atoms with van der Waals surface area (Å²) in [5, 5.41) is 7.88. The number of nitrogens with one attached hydrogen (secondary N) is 1. The minimum absolute atomic E-state index is 0.608. The molecule has 0 aromatic carbocycles. The Morgan fingerprint density at radius 1 is 1.26 bits per heavy atom. The van der Waals surface area contributed by atoms with Gasteiger partial charge in [0.1, 0.15) is 12.2 Å². The molecular weight excluding hydrogens is 236 g/mol. The van der Waals surface area contributed by atoms with E-state index in [2.05, 4.69) is 54.7 Å². The Labute approximate surface area is 118 Å². The maximum atomic E-state index is 4.44. The molecule has 1 heterocycles. The van der Waals surface area contributed by atoms with E-state index in [1.807, 2.05) is 0 Å².